The van der Waals surface area contributed by atoms with Gasteiger partial charge in [-0.15, -0.1) is 10.2 Å². The lowest BCUT2D eigenvalue weighted by Gasteiger charge is -2.11. The van der Waals surface area contributed by atoms with Crippen LogP contribution in [0.2, 0.25) is 5.02 Å². The molecule has 3 heterocycles. The molecular weight excluding hydrogens is 468 g/mol. The highest BCUT2D eigenvalue weighted by molar-refractivity contribution is 7.99. The molecule has 0 spiro atoms. The van der Waals surface area contributed by atoms with Crippen molar-refractivity contribution in [1.82, 2.24) is 23.9 Å². The molecule has 0 saturated carbocycles. The van der Waals surface area contributed by atoms with Crippen molar-refractivity contribution < 1.29 is 9.21 Å². The standard InChI is InChI=1S/C21H19ClN6O4S/c1-26-17(23)16(19(30)27(2)21(26)31)15(29)11-33-20-25-24-18(12-5-7-13(22)8-6-12)28(20)10-14-4-3-9-32-14/h3-9H,10-11,23H2,1-2H3. The van der Waals surface area contributed by atoms with E-state index >= 15 is 0 Å². The fourth-order valence-electron chi connectivity index (χ4n) is 3.23. The van der Waals surface area contributed by atoms with E-state index in [1.807, 2.05) is 22.8 Å². The Morgan fingerprint density at radius 2 is 1.85 bits per heavy atom. The summed E-state index contributed by atoms with van der Waals surface area (Å²) in [7, 11) is 2.70. The first-order valence-electron chi connectivity index (χ1n) is 9.71. The van der Waals surface area contributed by atoms with Crippen molar-refractivity contribution in [3.05, 3.63) is 79.8 Å². The molecule has 0 unspecified atom stereocenters. The van der Waals surface area contributed by atoms with Crippen molar-refractivity contribution in [2.24, 2.45) is 14.1 Å². The fraction of sp³-hybridized carbons (Fsp3) is 0.190. The second-order valence-electron chi connectivity index (χ2n) is 7.16. The number of halogens is 1. The number of aromatic nitrogens is 5. The Labute approximate surface area is 196 Å². The molecule has 3 aromatic heterocycles. The molecule has 0 fully saturated rings. The Bertz CT molecular complexity index is 1440. The largest absolute Gasteiger partial charge is 0.467 e. The average molecular weight is 487 g/mol. The molecule has 0 bridgehead atoms. The molecule has 0 saturated heterocycles. The van der Waals surface area contributed by atoms with Crippen molar-refractivity contribution in [3.63, 3.8) is 0 Å². The number of carbonyl (C=O) groups is 1. The zero-order chi connectivity index (χ0) is 23.7. The third kappa shape index (κ3) is 4.37. The van der Waals surface area contributed by atoms with Gasteiger partial charge in [-0.3, -0.25) is 23.3 Å². The van der Waals surface area contributed by atoms with Crippen LogP contribution in [-0.2, 0) is 20.6 Å². The normalized spacial score (nSPS) is 11.1. The van der Waals surface area contributed by atoms with Gasteiger partial charge in [-0.05, 0) is 36.4 Å². The van der Waals surface area contributed by atoms with Gasteiger partial charge in [-0.25, -0.2) is 4.79 Å². The number of nitrogens with two attached hydrogens (primary N) is 1. The molecule has 0 aliphatic carbocycles. The maximum Gasteiger partial charge on any atom is 0.332 e. The number of thioether (sulfide) groups is 1. The molecule has 12 heteroatoms. The Balaban J connectivity index is 1.66. The van der Waals surface area contributed by atoms with E-state index in [9.17, 15) is 14.4 Å². The van der Waals surface area contributed by atoms with E-state index in [-0.39, 0.29) is 17.1 Å². The number of Topliss-reactive ketones (excluding diaryl/α,β-unsaturated/α-hetero) is 1. The number of anilines is 1. The average Bonchev–Trinajstić information content (AvgIpc) is 3.46. The molecule has 0 aliphatic heterocycles. The van der Waals surface area contributed by atoms with E-state index in [0.717, 1.165) is 26.5 Å². The second-order valence-corrected chi connectivity index (χ2v) is 8.54. The molecular formula is C21H19ClN6O4S. The summed E-state index contributed by atoms with van der Waals surface area (Å²) >= 11 is 7.11. The first kappa shape index (κ1) is 22.6. The number of benzene rings is 1. The molecule has 1 aromatic carbocycles. The first-order valence-corrected chi connectivity index (χ1v) is 11.1. The second kappa shape index (κ2) is 9.12. The van der Waals surface area contributed by atoms with E-state index in [0.29, 0.717) is 28.3 Å². The molecule has 0 atom stereocenters. The van der Waals surface area contributed by atoms with E-state index in [4.69, 9.17) is 21.8 Å². The minimum atomic E-state index is -0.736. The summed E-state index contributed by atoms with van der Waals surface area (Å²) in [5.41, 5.74) is 5.11. The zero-order valence-electron chi connectivity index (χ0n) is 17.7. The number of hydrogen-bond acceptors (Lipinski definition) is 8. The Hall–Kier alpha value is -3.57. The van der Waals surface area contributed by atoms with Gasteiger partial charge >= 0.3 is 5.69 Å². The van der Waals surface area contributed by atoms with Crippen molar-refractivity contribution in [2.45, 2.75) is 11.7 Å². The molecule has 2 N–H and O–H groups in total. The summed E-state index contributed by atoms with van der Waals surface area (Å²) in [6.07, 6.45) is 1.57. The highest BCUT2D eigenvalue weighted by atomic mass is 35.5. The van der Waals surface area contributed by atoms with E-state index in [1.54, 1.807) is 24.5 Å². The maximum atomic E-state index is 12.9. The van der Waals surface area contributed by atoms with Crippen LogP contribution in [0, 0.1) is 0 Å². The highest BCUT2D eigenvalue weighted by Gasteiger charge is 2.22. The van der Waals surface area contributed by atoms with Crippen LogP contribution in [0.4, 0.5) is 5.82 Å². The summed E-state index contributed by atoms with van der Waals surface area (Å²) in [6, 6.07) is 10.7. The smallest absolute Gasteiger partial charge is 0.332 e. The summed E-state index contributed by atoms with van der Waals surface area (Å²) in [6.45, 7) is 0.332. The lowest BCUT2D eigenvalue weighted by molar-refractivity contribution is 0.102. The lowest BCUT2D eigenvalue weighted by atomic mass is 10.2. The maximum absolute atomic E-state index is 12.9. The number of furan rings is 1. The van der Waals surface area contributed by atoms with Crippen LogP contribution in [-0.4, -0.2) is 35.4 Å². The van der Waals surface area contributed by atoms with Gasteiger partial charge < -0.3 is 10.2 Å². The molecule has 170 valence electrons. The van der Waals surface area contributed by atoms with Crippen LogP contribution < -0.4 is 17.0 Å². The number of hydrogen-bond donors (Lipinski definition) is 1. The number of rotatable bonds is 7. The van der Waals surface area contributed by atoms with Crippen molar-refractivity contribution in [2.75, 3.05) is 11.5 Å². The van der Waals surface area contributed by atoms with Gasteiger partial charge in [-0.1, -0.05) is 23.4 Å². The van der Waals surface area contributed by atoms with E-state index < -0.39 is 17.0 Å². The monoisotopic (exact) mass is 486 g/mol. The lowest BCUT2D eigenvalue weighted by Crippen LogP contribution is -2.41. The Morgan fingerprint density at radius 1 is 1.12 bits per heavy atom. The van der Waals surface area contributed by atoms with Gasteiger partial charge in [0, 0.05) is 24.7 Å². The first-order chi connectivity index (χ1) is 15.8. The van der Waals surface area contributed by atoms with E-state index in [2.05, 4.69) is 10.2 Å². The topological polar surface area (TPSA) is 131 Å². The van der Waals surface area contributed by atoms with E-state index in [1.165, 1.54) is 14.1 Å². The van der Waals surface area contributed by atoms with Gasteiger partial charge in [0.05, 0.1) is 18.6 Å². The Morgan fingerprint density at radius 3 is 2.52 bits per heavy atom. The molecule has 0 radical (unpaired) electrons. The SMILES string of the molecule is Cn1c(N)c(C(=O)CSc2nnc(-c3ccc(Cl)cc3)n2Cc2ccco2)c(=O)n(C)c1=O. The van der Waals surface area contributed by atoms with Crippen molar-refractivity contribution in [1.29, 1.82) is 0 Å². The third-order valence-corrected chi connectivity index (χ3v) is 6.25. The van der Waals surface area contributed by atoms with Crippen LogP contribution in [0.15, 0.2) is 61.8 Å². The van der Waals surface area contributed by atoms with Gasteiger partial charge in [0.25, 0.3) is 5.56 Å². The molecule has 10 nitrogen and oxygen atoms in total. The van der Waals surface area contributed by atoms with Crippen molar-refractivity contribution in [3.8, 4) is 11.4 Å². The molecule has 0 aliphatic rings. The summed E-state index contributed by atoms with van der Waals surface area (Å²) < 4.78 is 9.20. The quantitative estimate of drug-likeness (QED) is 0.310. The van der Waals surface area contributed by atoms with Crippen LogP contribution in [0.5, 0.6) is 0 Å². The van der Waals surface area contributed by atoms with Crippen LogP contribution in [0.3, 0.4) is 0 Å². The van der Waals surface area contributed by atoms with Gasteiger partial charge in [-0.2, -0.15) is 0 Å². The minimum absolute atomic E-state index is 0.130. The number of carbonyl (C=O) groups excluding carboxylic acids is 1. The van der Waals surface area contributed by atoms with Gasteiger partial charge in [0.2, 0.25) is 0 Å². The van der Waals surface area contributed by atoms with Crippen LogP contribution in [0.25, 0.3) is 11.4 Å². The number of ketones is 1. The van der Waals surface area contributed by atoms with Crippen LogP contribution >= 0.6 is 23.4 Å². The Kier molecular flexibility index (Phi) is 6.25. The molecule has 4 aromatic rings. The number of nitrogen functional groups attached to an aromatic ring is 1. The number of nitrogens with zero attached hydrogens (tertiary/aromatic N) is 5. The highest BCUT2D eigenvalue weighted by Crippen LogP contribution is 2.27. The summed E-state index contributed by atoms with van der Waals surface area (Å²) in [5.74, 6) is 0.418. The van der Waals surface area contributed by atoms with Crippen LogP contribution in [0.1, 0.15) is 16.1 Å². The third-order valence-electron chi connectivity index (χ3n) is 5.03. The molecule has 4 rings (SSSR count). The minimum Gasteiger partial charge on any atom is -0.467 e. The molecule has 0 amide bonds. The van der Waals surface area contributed by atoms with Gasteiger partial charge in [0.15, 0.2) is 16.8 Å². The summed E-state index contributed by atoms with van der Waals surface area (Å²) in [5, 5.41) is 9.56. The van der Waals surface area contributed by atoms with Gasteiger partial charge in [0.1, 0.15) is 17.1 Å². The fourth-order valence-corrected chi connectivity index (χ4v) is 4.17. The van der Waals surface area contributed by atoms with Crippen molar-refractivity contribution >= 4 is 35.0 Å². The summed E-state index contributed by atoms with van der Waals surface area (Å²) in [4.78, 5) is 37.4. The predicted molar refractivity (Wildman–Crippen MR) is 125 cm³/mol. The zero-order valence-corrected chi connectivity index (χ0v) is 19.3. The molecule has 33 heavy (non-hydrogen) atoms. The predicted octanol–water partition coefficient (Wildman–Crippen LogP) is 2.19.